The third kappa shape index (κ3) is 4.09. The van der Waals surface area contributed by atoms with Gasteiger partial charge >= 0.3 is 0 Å². The minimum absolute atomic E-state index is 0.237. The largest absolute Gasteiger partial charge is 0.310 e. The molecule has 0 aliphatic carbocycles. The summed E-state index contributed by atoms with van der Waals surface area (Å²) >= 11 is 9.67. The topological polar surface area (TPSA) is 29.9 Å². The van der Waals surface area contributed by atoms with E-state index in [2.05, 4.69) is 52.3 Å². The van der Waals surface area contributed by atoms with Crippen LogP contribution < -0.4 is 5.32 Å². The third-order valence-electron chi connectivity index (χ3n) is 3.60. The van der Waals surface area contributed by atoms with Gasteiger partial charge in [0.15, 0.2) is 0 Å². The summed E-state index contributed by atoms with van der Waals surface area (Å²) in [6.07, 6.45) is 1.86. The summed E-state index contributed by atoms with van der Waals surface area (Å²) in [6.45, 7) is 5.16. The van der Waals surface area contributed by atoms with E-state index in [1.807, 2.05) is 23.9 Å². The van der Waals surface area contributed by atoms with E-state index in [0.717, 1.165) is 34.6 Å². The standard InChI is InChI=1S/C16H21BrClN3/c1-4-12-9-13(21(3)20-12)10-16(19-5-2)11-6-7-14(17)15(18)8-11/h6-9,16,19H,4-5,10H2,1-3H3. The van der Waals surface area contributed by atoms with Crippen molar-refractivity contribution in [1.82, 2.24) is 15.1 Å². The van der Waals surface area contributed by atoms with Crippen LogP contribution in [0, 0.1) is 0 Å². The Morgan fingerprint density at radius 2 is 2.10 bits per heavy atom. The summed E-state index contributed by atoms with van der Waals surface area (Å²) in [4.78, 5) is 0. The number of halogens is 2. The lowest BCUT2D eigenvalue weighted by molar-refractivity contribution is 0.528. The average molecular weight is 371 g/mol. The monoisotopic (exact) mass is 369 g/mol. The third-order valence-corrected chi connectivity index (χ3v) is 4.83. The second-order valence-electron chi connectivity index (χ2n) is 5.09. The Balaban J connectivity index is 2.25. The molecule has 1 aromatic carbocycles. The zero-order valence-corrected chi connectivity index (χ0v) is 15.0. The predicted molar refractivity (Wildman–Crippen MR) is 91.9 cm³/mol. The fraction of sp³-hybridized carbons (Fsp3) is 0.438. The van der Waals surface area contributed by atoms with Crippen molar-refractivity contribution in [3.8, 4) is 0 Å². The second-order valence-corrected chi connectivity index (χ2v) is 6.35. The summed E-state index contributed by atoms with van der Waals surface area (Å²) in [5.41, 5.74) is 3.57. The Labute approximate surface area is 139 Å². The molecule has 1 atom stereocenters. The quantitative estimate of drug-likeness (QED) is 0.822. The van der Waals surface area contributed by atoms with Crippen molar-refractivity contribution >= 4 is 27.5 Å². The molecule has 0 saturated heterocycles. The molecule has 0 amide bonds. The highest BCUT2D eigenvalue weighted by molar-refractivity contribution is 9.10. The summed E-state index contributed by atoms with van der Waals surface area (Å²) in [5, 5.41) is 8.80. The van der Waals surface area contributed by atoms with E-state index in [0.29, 0.717) is 0 Å². The lowest BCUT2D eigenvalue weighted by atomic mass is 10.0. The van der Waals surface area contributed by atoms with E-state index < -0.39 is 0 Å². The van der Waals surface area contributed by atoms with Crippen molar-refractivity contribution in [3.05, 3.63) is 50.7 Å². The van der Waals surface area contributed by atoms with E-state index in [-0.39, 0.29) is 6.04 Å². The number of aryl methyl sites for hydroxylation is 2. The van der Waals surface area contributed by atoms with E-state index in [1.54, 1.807) is 0 Å². The van der Waals surface area contributed by atoms with Gasteiger partial charge in [0.25, 0.3) is 0 Å². The molecule has 0 fully saturated rings. The molecule has 0 radical (unpaired) electrons. The van der Waals surface area contributed by atoms with Crippen molar-refractivity contribution in [1.29, 1.82) is 0 Å². The fourth-order valence-electron chi connectivity index (χ4n) is 2.43. The number of likely N-dealkylation sites (N-methyl/N-ethyl adjacent to an activating group) is 1. The predicted octanol–water partition coefficient (Wildman–Crippen LogP) is 4.29. The van der Waals surface area contributed by atoms with E-state index in [4.69, 9.17) is 11.6 Å². The average Bonchev–Trinajstić information content (AvgIpc) is 2.82. The summed E-state index contributed by atoms with van der Waals surface area (Å²) in [7, 11) is 2.01. The molecule has 21 heavy (non-hydrogen) atoms. The molecule has 0 aliphatic heterocycles. The number of hydrogen-bond acceptors (Lipinski definition) is 2. The molecule has 3 nitrogen and oxygen atoms in total. The van der Waals surface area contributed by atoms with Gasteiger partial charge in [0.05, 0.1) is 10.7 Å². The Bertz CT molecular complexity index is 610. The van der Waals surface area contributed by atoms with Crippen LogP contribution in [0.5, 0.6) is 0 Å². The minimum Gasteiger partial charge on any atom is -0.310 e. The van der Waals surface area contributed by atoms with E-state index >= 15 is 0 Å². The van der Waals surface area contributed by atoms with E-state index in [1.165, 1.54) is 11.3 Å². The van der Waals surface area contributed by atoms with Crippen LogP contribution in [0.2, 0.25) is 5.02 Å². The van der Waals surface area contributed by atoms with Gasteiger partial charge in [-0.2, -0.15) is 5.10 Å². The van der Waals surface area contributed by atoms with Gasteiger partial charge in [-0.1, -0.05) is 31.5 Å². The first-order valence-corrected chi connectivity index (χ1v) is 8.42. The molecule has 0 bridgehead atoms. The Morgan fingerprint density at radius 1 is 1.33 bits per heavy atom. The number of benzene rings is 1. The van der Waals surface area contributed by atoms with Crippen LogP contribution in [0.3, 0.4) is 0 Å². The second kappa shape index (κ2) is 7.43. The van der Waals surface area contributed by atoms with Gasteiger partial charge in [0.2, 0.25) is 0 Å². The van der Waals surface area contributed by atoms with Gasteiger partial charge in [0, 0.05) is 29.7 Å². The Morgan fingerprint density at radius 3 is 2.67 bits per heavy atom. The molecule has 0 saturated carbocycles. The Hall–Kier alpha value is -0.840. The molecule has 1 heterocycles. The highest BCUT2D eigenvalue weighted by Crippen LogP contribution is 2.27. The normalized spacial score (nSPS) is 12.6. The number of hydrogen-bond donors (Lipinski definition) is 1. The Kier molecular flexibility index (Phi) is 5.85. The van der Waals surface area contributed by atoms with Gasteiger partial charge < -0.3 is 5.32 Å². The van der Waals surface area contributed by atoms with Crippen molar-refractivity contribution in [2.45, 2.75) is 32.7 Å². The van der Waals surface area contributed by atoms with Crippen LogP contribution >= 0.6 is 27.5 Å². The number of nitrogens with zero attached hydrogens (tertiary/aromatic N) is 2. The summed E-state index contributed by atoms with van der Waals surface area (Å²) < 4.78 is 2.90. The maximum absolute atomic E-state index is 6.23. The van der Waals surface area contributed by atoms with Crippen LogP contribution in [0.25, 0.3) is 0 Å². The number of aromatic nitrogens is 2. The molecular formula is C16H21BrClN3. The highest BCUT2D eigenvalue weighted by Gasteiger charge is 2.15. The summed E-state index contributed by atoms with van der Waals surface area (Å²) in [5.74, 6) is 0. The van der Waals surface area contributed by atoms with Gasteiger partial charge in [-0.05, 0) is 52.7 Å². The maximum atomic E-state index is 6.23. The van der Waals surface area contributed by atoms with Crippen LogP contribution in [-0.4, -0.2) is 16.3 Å². The van der Waals surface area contributed by atoms with Gasteiger partial charge in [-0.15, -0.1) is 0 Å². The zero-order chi connectivity index (χ0) is 15.4. The van der Waals surface area contributed by atoms with Crippen LogP contribution in [0.1, 0.15) is 36.8 Å². The smallest absolute Gasteiger partial charge is 0.0624 e. The van der Waals surface area contributed by atoms with E-state index in [9.17, 15) is 0 Å². The molecule has 2 aromatic rings. The van der Waals surface area contributed by atoms with Crippen molar-refractivity contribution in [2.75, 3.05) is 6.54 Å². The maximum Gasteiger partial charge on any atom is 0.0624 e. The molecular weight excluding hydrogens is 350 g/mol. The van der Waals surface area contributed by atoms with Crippen LogP contribution in [0.4, 0.5) is 0 Å². The molecule has 1 N–H and O–H groups in total. The first-order chi connectivity index (χ1) is 10.0. The lowest BCUT2D eigenvalue weighted by Crippen LogP contribution is -2.23. The van der Waals surface area contributed by atoms with Crippen molar-refractivity contribution in [2.24, 2.45) is 7.05 Å². The van der Waals surface area contributed by atoms with Crippen LogP contribution in [0.15, 0.2) is 28.7 Å². The molecule has 1 unspecified atom stereocenters. The highest BCUT2D eigenvalue weighted by atomic mass is 79.9. The lowest BCUT2D eigenvalue weighted by Gasteiger charge is -2.19. The molecule has 5 heteroatoms. The van der Waals surface area contributed by atoms with Crippen molar-refractivity contribution < 1.29 is 0 Å². The molecule has 2 rings (SSSR count). The molecule has 114 valence electrons. The summed E-state index contributed by atoms with van der Waals surface area (Å²) in [6, 6.07) is 8.56. The number of nitrogens with one attached hydrogen (secondary N) is 1. The minimum atomic E-state index is 0.237. The van der Waals surface area contributed by atoms with Crippen LogP contribution in [-0.2, 0) is 19.9 Å². The van der Waals surface area contributed by atoms with Crippen molar-refractivity contribution in [3.63, 3.8) is 0 Å². The number of rotatable bonds is 6. The zero-order valence-electron chi connectivity index (χ0n) is 12.7. The van der Waals surface area contributed by atoms with Gasteiger partial charge in [-0.25, -0.2) is 0 Å². The molecule has 0 spiro atoms. The fourth-order valence-corrected chi connectivity index (χ4v) is 2.86. The van der Waals surface area contributed by atoms with Gasteiger partial charge in [0.1, 0.15) is 0 Å². The molecule has 1 aromatic heterocycles. The molecule has 0 aliphatic rings. The van der Waals surface area contributed by atoms with Gasteiger partial charge in [-0.3, -0.25) is 4.68 Å². The first-order valence-electron chi connectivity index (χ1n) is 7.25. The SMILES string of the molecule is CCNC(Cc1cc(CC)nn1C)c1ccc(Br)c(Cl)c1. The first kappa shape index (κ1) is 16.5.